The van der Waals surface area contributed by atoms with Crippen molar-refractivity contribution in [3.05, 3.63) is 63.6 Å². The average molecular weight is 402 g/mol. The number of aliphatic hydroxyl groups is 1. The molecule has 0 aliphatic carbocycles. The Kier molecular flexibility index (Phi) is 4.95. The minimum Gasteiger partial charge on any atom is -0.507 e. The first-order valence-corrected chi connectivity index (χ1v) is 8.79. The van der Waals surface area contributed by atoms with Crippen molar-refractivity contribution in [2.45, 2.75) is 17.5 Å². The zero-order valence-corrected chi connectivity index (χ0v) is 15.6. The molecule has 3 N–H and O–H groups in total. The number of carbonyl (C=O) groups excluding carboxylic acids is 1. The second-order valence-corrected chi connectivity index (χ2v) is 7.58. The summed E-state index contributed by atoms with van der Waals surface area (Å²) in [5.74, 6) is -0.822. The van der Waals surface area contributed by atoms with E-state index in [0.717, 1.165) is 5.56 Å². The van der Waals surface area contributed by atoms with Gasteiger partial charge >= 0.3 is 0 Å². The molecule has 0 spiro atoms. The van der Waals surface area contributed by atoms with Gasteiger partial charge in [-0.1, -0.05) is 46.3 Å². The van der Waals surface area contributed by atoms with Gasteiger partial charge in [0.2, 0.25) is 0 Å². The summed E-state index contributed by atoms with van der Waals surface area (Å²) in [5.41, 5.74) is 0.342. The molecule has 2 atom stereocenters. The third-order valence-corrected chi connectivity index (χ3v) is 4.45. The standard InChI is InChI=1S/C17H18B2BrNO4/c18-17(19,24)21-16(23)12-7-10(20)6-11(15(12)22)14(13-8-25-13)9-4-2-1-3-5-9/h1-7,13-14,22,24H,8,18-19H2,(H,21,23). The van der Waals surface area contributed by atoms with Crippen LogP contribution in [0.15, 0.2) is 46.9 Å². The number of rotatable bonds is 5. The lowest BCUT2D eigenvalue weighted by Crippen LogP contribution is -2.49. The quantitative estimate of drug-likeness (QED) is 0.382. The molecule has 1 amide bonds. The topological polar surface area (TPSA) is 82.1 Å². The Morgan fingerprint density at radius 1 is 1.32 bits per heavy atom. The molecule has 2 aromatic carbocycles. The van der Waals surface area contributed by atoms with Crippen LogP contribution in [0.3, 0.4) is 0 Å². The van der Waals surface area contributed by atoms with Gasteiger partial charge in [-0.2, -0.15) is 0 Å². The molecule has 25 heavy (non-hydrogen) atoms. The first-order valence-electron chi connectivity index (χ1n) is 8.00. The maximum absolute atomic E-state index is 12.4. The Balaban J connectivity index is 2.05. The molecular weight excluding hydrogens is 384 g/mol. The van der Waals surface area contributed by atoms with Gasteiger partial charge in [-0.05, 0) is 17.7 Å². The highest BCUT2D eigenvalue weighted by atomic mass is 79.9. The van der Waals surface area contributed by atoms with E-state index in [-0.39, 0.29) is 23.3 Å². The number of halogens is 1. The molecule has 0 bridgehead atoms. The number of hydrogen-bond acceptors (Lipinski definition) is 4. The molecule has 1 saturated heterocycles. The molecule has 1 aliphatic heterocycles. The third kappa shape index (κ3) is 4.26. The number of phenols is 1. The summed E-state index contributed by atoms with van der Waals surface area (Å²) in [5, 5.41) is 23.0. The number of hydrogen-bond donors (Lipinski definition) is 3. The van der Waals surface area contributed by atoms with Gasteiger partial charge in [0.15, 0.2) is 15.7 Å². The largest absolute Gasteiger partial charge is 0.507 e. The monoisotopic (exact) mass is 401 g/mol. The van der Waals surface area contributed by atoms with Crippen LogP contribution in [0.2, 0.25) is 0 Å². The van der Waals surface area contributed by atoms with Crippen LogP contribution in [-0.4, -0.2) is 50.0 Å². The van der Waals surface area contributed by atoms with Crippen molar-refractivity contribution in [1.82, 2.24) is 5.32 Å². The lowest BCUT2D eigenvalue weighted by atomic mass is 9.73. The van der Waals surface area contributed by atoms with E-state index < -0.39 is 11.4 Å². The fraction of sp³-hybridized carbons (Fsp3) is 0.235. The van der Waals surface area contributed by atoms with Crippen molar-refractivity contribution in [2.75, 3.05) is 6.61 Å². The van der Waals surface area contributed by atoms with Gasteiger partial charge in [0.05, 0.1) is 23.8 Å². The minimum atomic E-state index is -1.38. The normalized spacial score (nSPS) is 17.8. The Hall–Kier alpha value is -1.76. The van der Waals surface area contributed by atoms with Crippen LogP contribution in [-0.2, 0) is 4.74 Å². The zero-order valence-electron chi connectivity index (χ0n) is 14.0. The van der Waals surface area contributed by atoms with E-state index in [0.29, 0.717) is 16.6 Å². The van der Waals surface area contributed by atoms with E-state index in [2.05, 4.69) is 21.2 Å². The van der Waals surface area contributed by atoms with Gasteiger partial charge in [0, 0.05) is 16.0 Å². The third-order valence-electron chi connectivity index (χ3n) is 3.99. The first kappa shape index (κ1) is 18.0. The number of phenolic OH excluding ortho intramolecular Hbond substituents is 1. The highest BCUT2D eigenvalue weighted by Crippen LogP contribution is 2.42. The van der Waals surface area contributed by atoms with Gasteiger partial charge in [-0.25, -0.2) is 0 Å². The van der Waals surface area contributed by atoms with Crippen LogP contribution in [0.4, 0.5) is 0 Å². The maximum Gasteiger partial charge on any atom is 0.256 e. The summed E-state index contributed by atoms with van der Waals surface area (Å²) in [6, 6.07) is 13.1. The van der Waals surface area contributed by atoms with Crippen LogP contribution in [0.1, 0.15) is 27.4 Å². The molecule has 2 unspecified atom stereocenters. The summed E-state index contributed by atoms with van der Waals surface area (Å²) >= 11 is 3.41. The van der Waals surface area contributed by atoms with Crippen molar-refractivity contribution in [3.63, 3.8) is 0 Å². The molecule has 128 valence electrons. The molecule has 1 fully saturated rings. The summed E-state index contributed by atoms with van der Waals surface area (Å²) in [7, 11) is 2.93. The Morgan fingerprint density at radius 3 is 2.52 bits per heavy atom. The van der Waals surface area contributed by atoms with Crippen molar-refractivity contribution in [1.29, 1.82) is 0 Å². The van der Waals surface area contributed by atoms with Gasteiger partial charge < -0.3 is 20.3 Å². The molecule has 0 saturated carbocycles. The van der Waals surface area contributed by atoms with Crippen molar-refractivity contribution in [2.24, 2.45) is 0 Å². The Morgan fingerprint density at radius 2 is 1.96 bits per heavy atom. The number of ether oxygens (including phenoxy) is 1. The SMILES string of the molecule is BC(B)(O)NC(=O)c1cc(Br)cc(C(c2ccccc2)C2CO2)c1O. The summed E-state index contributed by atoms with van der Waals surface area (Å²) < 4.78 is 6.16. The Bertz CT molecular complexity index is 791. The van der Waals surface area contributed by atoms with Crippen LogP contribution in [0.5, 0.6) is 5.75 Å². The fourth-order valence-corrected chi connectivity index (χ4v) is 3.35. The molecule has 2 aromatic rings. The molecule has 1 aliphatic rings. The van der Waals surface area contributed by atoms with Crippen molar-refractivity contribution >= 4 is 37.5 Å². The van der Waals surface area contributed by atoms with Gasteiger partial charge in [-0.3, -0.25) is 4.79 Å². The molecule has 3 rings (SSSR count). The van der Waals surface area contributed by atoms with E-state index in [4.69, 9.17) is 4.74 Å². The van der Waals surface area contributed by atoms with E-state index in [1.807, 2.05) is 30.3 Å². The van der Waals surface area contributed by atoms with Crippen LogP contribution in [0.25, 0.3) is 0 Å². The summed E-state index contributed by atoms with van der Waals surface area (Å²) in [4.78, 5) is 12.4. The lowest BCUT2D eigenvalue weighted by Gasteiger charge is -2.22. The summed E-state index contributed by atoms with van der Waals surface area (Å²) in [6.45, 7) is 0.608. The molecular formula is C17H18B2BrNO4. The lowest BCUT2D eigenvalue weighted by molar-refractivity contribution is 0.0838. The van der Waals surface area contributed by atoms with Gasteiger partial charge in [-0.15, -0.1) is 0 Å². The first-order chi connectivity index (χ1) is 11.8. The maximum atomic E-state index is 12.4. The fourth-order valence-electron chi connectivity index (χ4n) is 2.88. The number of amides is 1. The molecule has 1 heterocycles. The van der Waals surface area contributed by atoms with Crippen LogP contribution >= 0.6 is 15.9 Å². The zero-order chi connectivity index (χ0) is 18.2. The number of carbonyl (C=O) groups is 1. The molecule has 0 radical (unpaired) electrons. The van der Waals surface area contributed by atoms with Gasteiger partial charge in [0.1, 0.15) is 5.75 Å². The molecule has 0 aromatic heterocycles. The predicted molar refractivity (Wildman–Crippen MR) is 103 cm³/mol. The van der Waals surface area contributed by atoms with Crippen molar-refractivity contribution in [3.8, 4) is 5.75 Å². The smallest absolute Gasteiger partial charge is 0.256 e. The van der Waals surface area contributed by atoms with E-state index in [9.17, 15) is 15.0 Å². The number of benzene rings is 2. The Labute approximate surface area is 156 Å². The van der Waals surface area contributed by atoms with Crippen molar-refractivity contribution < 1.29 is 19.7 Å². The highest BCUT2D eigenvalue weighted by Gasteiger charge is 2.37. The number of aromatic hydroxyl groups is 1. The highest BCUT2D eigenvalue weighted by molar-refractivity contribution is 9.10. The van der Waals surface area contributed by atoms with E-state index >= 15 is 0 Å². The molecule has 8 heteroatoms. The number of nitrogens with one attached hydrogen (secondary N) is 1. The second-order valence-electron chi connectivity index (χ2n) is 6.66. The number of epoxide rings is 1. The van der Waals surface area contributed by atoms with E-state index in [1.54, 1.807) is 6.07 Å². The predicted octanol–water partition coefficient (Wildman–Crippen LogP) is 0.285. The second kappa shape index (κ2) is 6.86. The van der Waals surface area contributed by atoms with Crippen LogP contribution in [0, 0.1) is 0 Å². The summed E-state index contributed by atoms with van der Waals surface area (Å²) in [6.07, 6.45) is -0.0344. The van der Waals surface area contributed by atoms with Crippen LogP contribution < -0.4 is 5.32 Å². The van der Waals surface area contributed by atoms with Gasteiger partial charge in [0.25, 0.3) is 5.91 Å². The molecule has 5 nitrogen and oxygen atoms in total. The average Bonchev–Trinajstić information content (AvgIpc) is 3.35. The van der Waals surface area contributed by atoms with E-state index in [1.165, 1.54) is 21.8 Å². The minimum absolute atomic E-state index is 0.0344.